The highest BCUT2D eigenvalue weighted by molar-refractivity contribution is 7.99. The maximum atomic E-state index is 9.45. The number of benzene rings is 1. The fourth-order valence-corrected chi connectivity index (χ4v) is 4.78. The lowest BCUT2D eigenvalue weighted by molar-refractivity contribution is 0.208. The molecule has 2 aromatic rings. The molecule has 2 fully saturated rings. The molecule has 6 nitrogen and oxygen atoms in total. The number of aromatic nitrogens is 2. The van der Waals surface area contributed by atoms with Crippen LogP contribution in [0.15, 0.2) is 36.7 Å². The van der Waals surface area contributed by atoms with Gasteiger partial charge < -0.3 is 20.2 Å². The van der Waals surface area contributed by atoms with Gasteiger partial charge >= 0.3 is 0 Å². The Bertz CT molecular complexity index is 751. The van der Waals surface area contributed by atoms with Crippen LogP contribution in [0.25, 0.3) is 0 Å². The number of thioether (sulfide) groups is 1. The molecule has 2 aliphatic heterocycles. The van der Waals surface area contributed by atoms with Gasteiger partial charge in [0.1, 0.15) is 18.0 Å². The first-order chi connectivity index (χ1) is 13.8. The van der Waals surface area contributed by atoms with E-state index < -0.39 is 0 Å². The van der Waals surface area contributed by atoms with E-state index in [-0.39, 0.29) is 6.61 Å². The molecule has 0 saturated carbocycles. The summed E-state index contributed by atoms with van der Waals surface area (Å²) in [6, 6.07) is 10.9. The number of nitrogens with zero attached hydrogens (tertiary/aromatic N) is 4. The normalized spacial score (nSPS) is 20.2. The van der Waals surface area contributed by atoms with Crippen LogP contribution in [0, 0.1) is 5.92 Å². The zero-order valence-corrected chi connectivity index (χ0v) is 17.1. The van der Waals surface area contributed by atoms with Gasteiger partial charge in [0.25, 0.3) is 0 Å². The van der Waals surface area contributed by atoms with Gasteiger partial charge in [-0.15, -0.1) is 0 Å². The van der Waals surface area contributed by atoms with Crippen molar-refractivity contribution in [1.29, 1.82) is 0 Å². The standard InChI is InChI=1S/C21H29N5OS/c27-15-18-2-1-7-26(14-18)21-12-20(23-16-24-21)22-13-17-3-5-19(6-4-17)25-8-10-28-11-9-25/h3-6,12,16,18,27H,1-2,7-11,13-15H2,(H,22,23,24). The van der Waals surface area contributed by atoms with Crippen LogP contribution in [0.3, 0.4) is 0 Å². The summed E-state index contributed by atoms with van der Waals surface area (Å²) in [7, 11) is 0. The van der Waals surface area contributed by atoms with Gasteiger partial charge in [-0.1, -0.05) is 12.1 Å². The minimum atomic E-state index is 0.249. The summed E-state index contributed by atoms with van der Waals surface area (Å²) in [5, 5.41) is 12.9. The van der Waals surface area contributed by atoms with Crippen molar-refractivity contribution < 1.29 is 5.11 Å². The second kappa shape index (κ2) is 9.47. The van der Waals surface area contributed by atoms with E-state index in [4.69, 9.17) is 0 Å². The van der Waals surface area contributed by atoms with Gasteiger partial charge in [0.2, 0.25) is 0 Å². The molecule has 4 rings (SSSR count). The van der Waals surface area contributed by atoms with Crippen molar-refractivity contribution in [3.63, 3.8) is 0 Å². The van der Waals surface area contributed by atoms with Crippen LogP contribution in [-0.2, 0) is 6.54 Å². The van der Waals surface area contributed by atoms with Crippen molar-refractivity contribution in [3.05, 3.63) is 42.2 Å². The van der Waals surface area contributed by atoms with Crippen LogP contribution >= 0.6 is 11.8 Å². The Balaban J connectivity index is 1.34. The molecule has 3 heterocycles. The Morgan fingerprint density at radius 1 is 1.07 bits per heavy atom. The number of anilines is 3. The topological polar surface area (TPSA) is 64.5 Å². The molecule has 2 aliphatic rings. The summed E-state index contributed by atoms with van der Waals surface area (Å²) in [4.78, 5) is 13.5. The summed E-state index contributed by atoms with van der Waals surface area (Å²) in [6.07, 6.45) is 3.81. The van der Waals surface area contributed by atoms with Crippen molar-refractivity contribution >= 4 is 29.1 Å². The molecule has 28 heavy (non-hydrogen) atoms. The van der Waals surface area contributed by atoms with E-state index in [1.54, 1.807) is 6.33 Å². The zero-order valence-electron chi connectivity index (χ0n) is 16.3. The highest BCUT2D eigenvalue weighted by Crippen LogP contribution is 2.23. The Labute approximate surface area is 171 Å². The van der Waals surface area contributed by atoms with E-state index in [2.05, 4.69) is 49.4 Å². The van der Waals surface area contributed by atoms with Gasteiger partial charge in [0, 0.05) is 62.6 Å². The largest absolute Gasteiger partial charge is 0.396 e. The van der Waals surface area contributed by atoms with Crippen molar-refractivity contribution in [2.45, 2.75) is 19.4 Å². The molecule has 1 aromatic heterocycles. The Morgan fingerprint density at radius 3 is 2.68 bits per heavy atom. The molecule has 2 N–H and O–H groups in total. The Morgan fingerprint density at radius 2 is 1.89 bits per heavy atom. The van der Waals surface area contributed by atoms with Gasteiger partial charge in [0.05, 0.1) is 0 Å². The minimum absolute atomic E-state index is 0.249. The maximum absolute atomic E-state index is 9.45. The minimum Gasteiger partial charge on any atom is -0.396 e. The molecule has 1 atom stereocenters. The van der Waals surface area contributed by atoms with E-state index in [0.29, 0.717) is 5.92 Å². The van der Waals surface area contributed by atoms with E-state index in [1.165, 1.54) is 22.8 Å². The third-order valence-electron chi connectivity index (χ3n) is 5.54. The fraction of sp³-hybridized carbons (Fsp3) is 0.524. The van der Waals surface area contributed by atoms with Gasteiger partial charge in [-0.3, -0.25) is 0 Å². The third-order valence-corrected chi connectivity index (χ3v) is 6.48. The number of aliphatic hydroxyl groups is 1. The van der Waals surface area contributed by atoms with Gasteiger partial charge in [-0.25, -0.2) is 9.97 Å². The average Bonchev–Trinajstić information content (AvgIpc) is 2.79. The van der Waals surface area contributed by atoms with Crippen LogP contribution in [0.2, 0.25) is 0 Å². The number of aliphatic hydroxyl groups excluding tert-OH is 1. The highest BCUT2D eigenvalue weighted by Gasteiger charge is 2.20. The summed E-state index contributed by atoms with van der Waals surface area (Å²) in [5.74, 6) is 4.56. The lowest BCUT2D eigenvalue weighted by atomic mass is 9.99. The van der Waals surface area contributed by atoms with Gasteiger partial charge in [-0.2, -0.15) is 11.8 Å². The predicted octanol–water partition coefficient (Wildman–Crippen LogP) is 2.85. The molecule has 1 unspecified atom stereocenters. The lowest BCUT2D eigenvalue weighted by Crippen LogP contribution is -2.37. The van der Waals surface area contributed by atoms with Crippen LogP contribution in [0.4, 0.5) is 17.3 Å². The van der Waals surface area contributed by atoms with E-state index in [0.717, 1.165) is 57.2 Å². The van der Waals surface area contributed by atoms with E-state index in [1.807, 2.05) is 17.8 Å². The Kier molecular flexibility index (Phi) is 6.54. The smallest absolute Gasteiger partial charge is 0.134 e. The van der Waals surface area contributed by atoms with E-state index in [9.17, 15) is 5.11 Å². The number of nitrogens with one attached hydrogen (secondary N) is 1. The number of rotatable bonds is 6. The molecule has 2 saturated heterocycles. The van der Waals surface area contributed by atoms with Crippen molar-refractivity contribution in [2.24, 2.45) is 5.92 Å². The van der Waals surface area contributed by atoms with Crippen LogP contribution in [-0.4, -0.2) is 59.4 Å². The van der Waals surface area contributed by atoms with E-state index >= 15 is 0 Å². The fourth-order valence-electron chi connectivity index (χ4n) is 3.88. The lowest BCUT2D eigenvalue weighted by Gasteiger charge is -2.32. The number of hydrogen-bond acceptors (Lipinski definition) is 7. The van der Waals surface area contributed by atoms with Crippen LogP contribution in [0.1, 0.15) is 18.4 Å². The molecule has 7 heteroatoms. The van der Waals surface area contributed by atoms with Gasteiger partial charge in [0.15, 0.2) is 0 Å². The molecule has 0 spiro atoms. The summed E-state index contributed by atoms with van der Waals surface area (Å²) >= 11 is 2.04. The molecule has 0 amide bonds. The monoisotopic (exact) mass is 399 g/mol. The van der Waals surface area contributed by atoms with Crippen LogP contribution in [0.5, 0.6) is 0 Å². The Hall–Kier alpha value is -1.99. The summed E-state index contributed by atoms with van der Waals surface area (Å²) in [6.45, 7) is 5.12. The molecule has 0 aliphatic carbocycles. The molecule has 150 valence electrons. The molecule has 0 radical (unpaired) electrons. The zero-order chi connectivity index (χ0) is 19.2. The highest BCUT2D eigenvalue weighted by atomic mass is 32.2. The first kappa shape index (κ1) is 19.3. The molecule has 1 aromatic carbocycles. The number of hydrogen-bond donors (Lipinski definition) is 2. The predicted molar refractivity (Wildman–Crippen MR) is 117 cm³/mol. The summed E-state index contributed by atoms with van der Waals surface area (Å²) < 4.78 is 0. The van der Waals surface area contributed by atoms with Crippen molar-refractivity contribution in [2.75, 3.05) is 59.4 Å². The molecule has 0 bridgehead atoms. The first-order valence-electron chi connectivity index (χ1n) is 10.1. The first-order valence-corrected chi connectivity index (χ1v) is 11.3. The van der Waals surface area contributed by atoms with Crippen molar-refractivity contribution in [1.82, 2.24) is 9.97 Å². The third kappa shape index (κ3) is 4.89. The second-order valence-corrected chi connectivity index (χ2v) is 8.74. The van der Waals surface area contributed by atoms with Crippen LogP contribution < -0.4 is 15.1 Å². The summed E-state index contributed by atoms with van der Waals surface area (Å²) in [5.41, 5.74) is 2.56. The quantitative estimate of drug-likeness (QED) is 0.774. The van der Waals surface area contributed by atoms with Crippen molar-refractivity contribution in [3.8, 4) is 0 Å². The molecular weight excluding hydrogens is 370 g/mol. The number of piperidine rings is 1. The average molecular weight is 400 g/mol. The maximum Gasteiger partial charge on any atom is 0.134 e. The second-order valence-electron chi connectivity index (χ2n) is 7.52. The van der Waals surface area contributed by atoms with Gasteiger partial charge in [-0.05, 0) is 36.5 Å². The molecular formula is C21H29N5OS. The SMILES string of the molecule is OCC1CCCN(c2cc(NCc3ccc(N4CCSCC4)cc3)ncn2)C1.